The van der Waals surface area contributed by atoms with Crippen LogP contribution >= 0.6 is 15.9 Å². The Kier molecular flexibility index (Phi) is 4.84. The molecule has 0 aliphatic rings. The van der Waals surface area contributed by atoms with E-state index in [1.807, 2.05) is 0 Å². The van der Waals surface area contributed by atoms with Gasteiger partial charge < -0.3 is 10.1 Å². The van der Waals surface area contributed by atoms with Crippen molar-refractivity contribution in [2.75, 3.05) is 12.4 Å². The van der Waals surface area contributed by atoms with E-state index in [9.17, 15) is 9.59 Å². The van der Waals surface area contributed by atoms with Gasteiger partial charge in [-0.3, -0.25) is 9.59 Å². The summed E-state index contributed by atoms with van der Waals surface area (Å²) in [7, 11) is 1.46. The van der Waals surface area contributed by atoms with Gasteiger partial charge in [0.2, 0.25) is 0 Å². The predicted molar refractivity (Wildman–Crippen MR) is 69.2 cm³/mol. The third-order valence-corrected chi connectivity index (χ3v) is 2.83. The van der Waals surface area contributed by atoms with Crippen molar-refractivity contribution in [2.24, 2.45) is 0 Å². The fraction of sp³-hybridized carbons (Fsp3) is 0.333. The first-order valence-electron chi connectivity index (χ1n) is 5.10. The summed E-state index contributed by atoms with van der Waals surface area (Å²) in [6, 6.07) is 5.12. The lowest BCUT2D eigenvalue weighted by Crippen LogP contribution is -2.27. The first-order valence-corrected chi connectivity index (χ1v) is 5.89. The summed E-state index contributed by atoms with van der Waals surface area (Å²) in [4.78, 5) is 23.1. The number of amides is 1. The van der Waals surface area contributed by atoms with Gasteiger partial charge in [0, 0.05) is 17.1 Å². The molecule has 0 aliphatic heterocycles. The number of hydrogen-bond acceptors (Lipinski definition) is 3. The second kappa shape index (κ2) is 5.93. The van der Waals surface area contributed by atoms with E-state index in [1.54, 1.807) is 25.1 Å². The van der Waals surface area contributed by atoms with Crippen LogP contribution in [0, 0.1) is 0 Å². The van der Waals surface area contributed by atoms with E-state index in [2.05, 4.69) is 21.2 Å². The summed E-state index contributed by atoms with van der Waals surface area (Å²) in [5.74, 6) is -0.385. The highest BCUT2D eigenvalue weighted by molar-refractivity contribution is 9.10. The van der Waals surface area contributed by atoms with Crippen molar-refractivity contribution in [1.82, 2.24) is 0 Å². The number of ether oxygens (including phenoxy) is 1. The van der Waals surface area contributed by atoms with Crippen LogP contribution in [0.5, 0.6) is 0 Å². The molecule has 0 radical (unpaired) electrons. The maximum absolute atomic E-state index is 11.6. The largest absolute Gasteiger partial charge is 0.372 e. The molecule has 92 valence electrons. The Balaban J connectivity index is 2.98. The topological polar surface area (TPSA) is 55.4 Å². The van der Waals surface area contributed by atoms with Crippen molar-refractivity contribution in [3.63, 3.8) is 0 Å². The number of halogens is 1. The molecule has 1 aromatic carbocycles. The Morgan fingerprint density at radius 1 is 1.41 bits per heavy atom. The van der Waals surface area contributed by atoms with Gasteiger partial charge in [-0.1, -0.05) is 15.9 Å². The van der Waals surface area contributed by atoms with E-state index >= 15 is 0 Å². The molecule has 1 amide bonds. The van der Waals surface area contributed by atoms with Gasteiger partial charge in [-0.15, -0.1) is 0 Å². The average molecular weight is 300 g/mol. The van der Waals surface area contributed by atoms with Crippen LogP contribution in [0.2, 0.25) is 0 Å². The van der Waals surface area contributed by atoms with E-state index in [4.69, 9.17) is 4.74 Å². The van der Waals surface area contributed by atoms with E-state index in [-0.39, 0.29) is 11.7 Å². The van der Waals surface area contributed by atoms with Crippen LogP contribution in [0.15, 0.2) is 22.7 Å². The number of anilines is 1. The molecule has 4 nitrogen and oxygen atoms in total. The molecule has 1 aromatic rings. The Morgan fingerprint density at radius 2 is 2.06 bits per heavy atom. The van der Waals surface area contributed by atoms with Gasteiger partial charge in [0.1, 0.15) is 6.10 Å². The molecule has 0 spiro atoms. The Morgan fingerprint density at radius 3 is 2.59 bits per heavy atom. The van der Waals surface area contributed by atoms with Crippen molar-refractivity contribution >= 4 is 33.3 Å². The standard InChI is InChI=1S/C12H14BrNO3/c1-7(15)10-6-9(13)4-5-11(10)14-12(16)8(2)17-3/h4-6,8H,1-3H3,(H,14,16). The number of nitrogens with one attached hydrogen (secondary N) is 1. The Hall–Kier alpha value is -1.20. The molecular formula is C12H14BrNO3. The third-order valence-electron chi connectivity index (χ3n) is 2.34. The van der Waals surface area contributed by atoms with Gasteiger partial charge in [0.25, 0.3) is 5.91 Å². The number of carbonyl (C=O) groups is 2. The summed E-state index contributed by atoms with van der Waals surface area (Å²) in [5.41, 5.74) is 0.964. The molecule has 0 aliphatic carbocycles. The predicted octanol–water partition coefficient (Wildman–Crippen LogP) is 2.63. The highest BCUT2D eigenvalue weighted by atomic mass is 79.9. The SMILES string of the molecule is COC(C)C(=O)Nc1ccc(Br)cc1C(C)=O. The molecular weight excluding hydrogens is 286 g/mol. The minimum Gasteiger partial charge on any atom is -0.372 e. The number of benzene rings is 1. The zero-order valence-electron chi connectivity index (χ0n) is 9.91. The molecule has 1 atom stereocenters. The first kappa shape index (κ1) is 13.9. The minimum absolute atomic E-state index is 0.105. The molecule has 0 aromatic heterocycles. The summed E-state index contributed by atoms with van der Waals surface area (Å²) in [5, 5.41) is 2.66. The molecule has 0 heterocycles. The Labute approximate surface area is 108 Å². The monoisotopic (exact) mass is 299 g/mol. The zero-order valence-corrected chi connectivity index (χ0v) is 11.5. The number of hydrogen-bond donors (Lipinski definition) is 1. The number of carbonyl (C=O) groups excluding carboxylic acids is 2. The van der Waals surface area contributed by atoms with Crippen LogP contribution in [-0.2, 0) is 9.53 Å². The van der Waals surface area contributed by atoms with Crippen molar-refractivity contribution in [1.29, 1.82) is 0 Å². The van der Waals surface area contributed by atoms with E-state index < -0.39 is 6.10 Å². The molecule has 1 rings (SSSR count). The molecule has 1 N–H and O–H groups in total. The molecule has 0 fully saturated rings. The number of methoxy groups -OCH3 is 1. The average Bonchev–Trinajstić information content (AvgIpc) is 2.29. The van der Waals surface area contributed by atoms with Gasteiger partial charge in [-0.05, 0) is 32.0 Å². The molecule has 1 unspecified atom stereocenters. The van der Waals surface area contributed by atoms with Crippen LogP contribution in [0.3, 0.4) is 0 Å². The van der Waals surface area contributed by atoms with Crippen LogP contribution in [-0.4, -0.2) is 24.9 Å². The number of Topliss-reactive ketones (excluding diaryl/α,β-unsaturated/α-hetero) is 1. The fourth-order valence-electron chi connectivity index (χ4n) is 1.26. The highest BCUT2D eigenvalue weighted by Gasteiger charge is 2.15. The van der Waals surface area contributed by atoms with Crippen LogP contribution in [0.4, 0.5) is 5.69 Å². The van der Waals surface area contributed by atoms with Gasteiger partial charge >= 0.3 is 0 Å². The molecule has 0 saturated heterocycles. The number of rotatable bonds is 4. The van der Waals surface area contributed by atoms with Gasteiger partial charge in [-0.2, -0.15) is 0 Å². The molecule has 0 saturated carbocycles. The summed E-state index contributed by atoms with van der Waals surface area (Å²) in [6.07, 6.45) is -0.557. The van der Waals surface area contributed by atoms with Crippen LogP contribution < -0.4 is 5.32 Å². The lowest BCUT2D eigenvalue weighted by molar-refractivity contribution is -0.124. The van der Waals surface area contributed by atoms with Crippen LogP contribution in [0.1, 0.15) is 24.2 Å². The van der Waals surface area contributed by atoms with Gasteiger partial charge in [-0.25, -0.2) is 0 Å². The van der Waals surface area contributed by atoms with Crippen LogP contribution in [0.25, 0.3) is 0 Å². The second-order valence-corrected chi connectivity index (χ2v) is 4.53. The normalized spacial score (nSPS) is 12.0. The highest BCUT2D eigenvalue weighted by Crippen LogP contribution is 2.21. The van der Waals surface area contributed by atoms with Gasteiger partial charge in [0.05, 0.1) is 5.69 Å². The third kappa shape index (κ3) is 3.64. The van der Waals surface area contributed by atoms with E-state index in [1.165, 1.54) is 14.0 Å². The lowest BCUT2D eigenvalue weighted by Gasteiger charge is -2.13. The van der Waals surface area contributed by atoms with Crippen molar-refractivity contribution < 1.29 is 14.3 Å². The molecule has 0 bridgehead atoms. The van der Waals surface area contributed by atoms with Crippen molar-refractivity contribution in [3.8, 4) is 0 Å². The number of ketones is 1. The van der Waals surface area contributed by atoms with Crippen molar-refractivity contribution in [2.45, 2.75) is 20.0 Å². The van der Waals surface area contributed by atoms with Gasteiger partial charge in [0.15, 0.2) is 5.78 Å². The minimum atomic E-state index is -0.557. The van der Waals surface area contributed by atoms with E-state index in [0.29, 0.717) is 11.3 Å². The summed E-state index contributed by atoms with van der Waals surface area (Å²) < 4.78 is 5.69. The smallest absolute Gasteiger partial charge is 0.253 e. The molecule has 5 heteroatoms. The summed E-state index contributed by atoms with van der Waals surface area (Å²) in [6.45, 7) is 3.10. The zero-order chi connectivity index (χ0) is 13.0. The quantitative estimate of drug-likeness (QED) is 0.870. The molecule has 17 heavy (non-hydrogen) atoms. The second-order valence-electron chi connectivity index (χ2n) is 3.61. The van der Waals surface area contributed by atoms with E-state index in [0.717, 1.165) is 4.47 Å². The van der Waals surface area contributed by atoms with Crippen molar-refractivity contribution in [3.05, 3.63) is 28.2 Å². The maximum Gasteiger partial charge on any atom is 0.253 e. The lowest BCUT2D eigenvalue weighted by atomic mass is 10.1. The first-order chi connectivity index (χ1) is 7.95. The maximum atomic E-state index is 11.6. The summed E-state index contributed by atoms with van der Waals surface area (Å²) >= 11 is 3.28. The fourth-order valence-corrected chi connectivity index (χ4v) is 1.62. The Bertz CT molecular complexity index is 445.